The van der Waals surface area contributed by atoms with E-state index in [0.29, 0.717) is 12.8 Å². The van der Waals surface area contributed by atoms with Crippen LogP contribution in [-0.4, -0.2) is 24.0 Å². The third-order valence-electron chi connectivity index (χ3n) is 2.88. The molecule has 0 aromatic rings. The molecular formula is C10H12O5. The Labute approximate surface area is 86.7 Å². The van der Waals surface area contributed by atoms with Gasteiger partial charge in [0, 0.05) is 19.8 Å². The second kappa shape index (κ2) is 3.64. The van der Waals surface area contributed by atoms with Crippen molar-refractivity contribution in [3.8, 4) is 0 Å². The number of Topliss-reactive ketones (excluding diaryl/α,β-unsaturated/α-hetero) is 1. The van der Waals surface area contributed by atoms with Crippen LogP contribution in [-0.2, 0) is 23.9 Å². The Morgan fingerprint density at radius 2 is 2.20 bits per heavy atom. The van der Waals surface area contributed by atoms with Gasteiger partial charge >= 0.3 is 11.9 Å². The highest BCUT2D eigenvalue weighted by atomic mass is 16.7. The topological polar surface area (TPSA) is 69.7 Å². The molecule has 15 heavy (non-hydrogen) atoms. The maximum Gasteiger partial charge on any atom is 0.312 e. The van der Waals surface area contributed by atoms with Crippen LogP contribution in [0.1, 0.15) is 26.2 Å². The summed E-state index contributed by atoms with van der Waals surface area (Å²) in [6.45, 7) is 1.26. The minimum atomic E-state index is -0.857. The zero-order chi connectivity index (χ0) is 11.0. The summed E-state index contributed by atoms with van der Waals surface area (Å²) < 4.78 is 9.80. The third-order valence-corrected chi connectivity index (χ3v) is 2.88. The molecule has 2 fully saturated rings. The van der Waals surface area contributed by atoms with Gasteiger partial charge in [0.2, 0.25) is 0 Å². The molecule has 0 N–H and O–H groups in total. The highest BCUT2D eigenvalue weighted by molar-refractivity contribution is 5.84. The summed E-state index contributed by atoms with van der Waals surface area (Å²) in [4.78, 5) is 33.4. The molecule has 3 atom stereocenters. The van der Waals surface area contributed by atoms with Crippen molar-refractivity contribution in [3.05, 3.63) is 0 Å². The van der Waals surface area contributed by atoms with Gasteiger partial charge in [-0.15, -0.1) is 0 Å². The van der Waals surface area contributed by atoms with Crippen molar-refractivity contribution in [2.24, 2.45) is 11.8 Å². The molecule has 5 nitrogen and oxygen atoms in total. The third kappa shape index (κ3) is 1.86. The van der Waals surface area contributed by atoms with Gasteiger partial charge in [0.05, 0.1) is 11.8 Å². The highest BCUT2D eigenvalue weighted by Crippen LogP contribution is 2.38. The molecule has 1 heterocycles. The monoisotopic (exact) mass is 212 g/mol. The maximum atomic E-state index is 11.4. The average Bonchev–Trinajstić information content (AvgIpc) is 2.42. The number of carbonyl (C=O) groups is 3. The van der Waals surface area contributed by atoms with Gasteiger partial charge in [-0.1, -0.05) is 0 Å². The SMILES string of the molecule is CC(=O)O[C@H]1OC(=O)[C@@H]2CCC(=O)C[C@H]12. The number of rotatable bonds is 1. The lowest BCUT2D eigenvalue weighted by Gasteiger charge is -2.23. The zero-order valence-corrected chi connectivity index (χ0v) is 8.39. The average molecular weight is 212 g/mol. The summed E-state index contributed by atoms with van der Waals surface area (Å²) in [5.74, 6) is -1.29. The molecule has 0 aromatic carbocycles. The molecule has 2 aliphatic rings. The van der Waals surface area contributed by atoms with Gasteiger partial charge in [0.15, 0.2) is 0 Å². The van der Waals surface area contributed by atoms with Crippen LogP contribution in [0.25, 0.3) is 0 Å². The zero-order valence-electron chi connectivity index (χ0n) is 8.39. The number of hydrogen-bond acceptors (Lipinski definition) is 5. The van der Waals surface area contributed by atoms with Gasteiger partial charge in [-0.3, -0.25) is 14.4 Å². The number of ketones is 1. The number of esters is 2. The van der Waals surface area contributed by atoms with Gasteiger partial charge in [-0.25, -0.2) is 0 Å². The molecule has 5 heteroatoms. The van der Waals surface area contributed by atoms with Crippen LogP contribution in [0, 0.1) is 11.8 Å². The predicted octanol–water partition coefficient (Wildman–Crippen LogP) is 0.418. The molecule has 0 bridgehead atoms. The standard InChI is InChI=1S/C10H12O5/c1-5(11)14-10-8-4-6(12)2-3-7(8)9(13)15-10/h7-8,10H,2-4H2,1H3/t7-,8+,10+/m1/s1. The van der Waals surface area contributed by atoms with Crippen LogP contribution in [0.4, 0.5) is 0 Å². The summed E-state index contributed by atoms with van der Waals surface area (Å²) in [6.07, 6.45) is 0.349. The molecule has 0 aromatic heterocycles. The van der Waals surface area contributed by atoms with Crippen molar-refractivity contribution in [3.63, 3.8) is 0 Å². The van der Waals surface area contributed by atoms with E-state index < -0.39 is 12.3 Å². The van der Waals surface area contributed by atoms with Crippen LogP contribution in [0.5, 0.6) is 0 Å². The van der Waals surface area contributed by atoms with Crippen molar-refractivity contribution in [2.45, 2.75) is 32.5 Å². The lowest BCUT2D eigenvalue weighted by Crippen LogP contribution is -2.31. The van der Waals surface area contributed by atoms with E-state index in [1.807, 2.05) is 0 Å². The predicted molar refractivity (Wildman–Crippen MR) is 47.5 cm³/mol. The maximum absolute atomic E-state index is 11.4. The highest BCUT2D eigenvalue weighted by Gasteiger charge is 2.49. The molecule has 82 valence electrons. The van der Waals surface area contributed by atoms with E-state index in [-0.39, 0.29) is 30.0 Å². The van der Waals surface area contributed by atoms with Crippen molar-refractivity contribution in [1.82, 2.24) is 0 Å². The molecule has 1 aliphatic heterocycles. The van der Waals surface area contributed by atoms with Crippen LogP contribution in [0.2, 0.25) is 0 Å². The molecule has 0 amide bonds. The molecule has 1 saturated carbocycles. The second-order valence-electron chi connectivity index (χ2n) is 3.97. The Hall–Kier alpha value is -1.39. The molecule has 1 aliphatic carbocycles. The van der Waals surface area contributed by atoms with Crippen molar-refractivity contribution >= 4 is 17.7 Å². The largest absolute Gasteiger partial charge is 0.425 e. The van der Waals surface area contributed by atoms with Crippen LogP contribution >= 0.6 is 0 Å². The Kier molecular flexibility index (Phi) is 2.46. The van der Waals surface area contributed by atoms with Gasteiger partial charge in [0.25, 0.3) is 6.29 Å². The fourth-order valence-electron chi connectivity index (χ4n) is 2.18. The molecular weight excluding hydrogens is 200 g/mol. The first-order valence-corrected chi connectivity index (χ1v) is 4.97. The molecule has 1 saturated heterocycles. The molecule has 2 rings (SSSR count). The Morgan fingerprint density at radius 3 is 2.87 bits per heavy atom. The summed E-state index contributed by atoms with van der Waals surface area (Å²) in [7, 11) is 0. The molecule has 0 radical (unpaired) electrons. The Bertz CT molecular complexity index is 322. The van der Waals surface area contributed by atoms with Gasteiger partial charge < -0.3 is 9.47 Å². The van der Waals surface area contributed by atoms with Crippen molar-refractivity contribution in [1.29, 1.82) is 0 Å². The van der Waals surface area contributed by atoms with E-state index >= 15 is 0 Å². The first-order valence-electron chi connectivity index (χ1n) is 4.97. The molecule has 0 unspecified atom stereocenters. The van der Waals surface area contributed by atoms with Gasteiger partial charge in [0.1, 0.15) is 5.78 Å². The van der Waals surface area contributed by atoms with Crippen LogP contribution in [0.3, 0.4) is 0 Å². The smallest absolute Gasteiger partial charge is 0.312 e. The Morgan fingerprint density at radius 1 is 1.47 bits per heavy atom. The number of carbonyl (C=O) groups excluding carboxylic acids is 3. The number of cyclic esters (lactones) is 1. The number of ether oxygens (including phenoxy) is 2. The first kappa shape index (κ1) is 10.1. The van der Waals surface area contributed by atoms with Gasteiger partial charge in [-0.05, 0) is 6.42 Å². The fraction of sp³-hybridized carbons (Fsp3) is 0.700. The molecule has 0 spiro atoms. The normalized spacial score (nSPS) is 34.6. The van der Waals surface area contributed by atoms with E-state index in [2.05, 4.69) is 0 Å². The second-order valence-corrected chi connectivity index (χ2v) is 3.97. The van der Waals surface area contributed by atoms with Crippen LogP contribution < -0.4 is 0 Å². The van der Waals surface area contributed by atoms with E-state index in [1.54, 1.807) is 0 Å². The summed E-state index contributed by atoms with van der Waals surface area (Å²) in [5, 5.41) is 0. The van der Waals surface area contributed by atoms with Crippen molar-refractivity contribution in [2.75, 3.05) is 0 Å². The quantitative estimate of drug-likeness (QED) is 0.589. The van der Waals surface area contributed by atoms with E-state index in [1.165, 1.54) is 6.92 Å². The minimum absolute atomic E-state index is 0.103. The fourth-order valence-corrected chi connectivity index (χ4v) is 2.18. The minimum Gasteiger partial charge on any atom is -0.425 e. The van der Waals surface area contributed by atoms with E-state index in [9.17, 15) is 14.4 Å². The van der Waals surface area contributed by atoms with E-state index in [0.717, 1.165) is 0 Å². The first-order chi connectivity index (χ1) is 7.08. The van der Waals surface area contributed by atoms with Crippen molar-refractivity contribution < 1.29 is 23.9 Å². The summed E-state index contributed by atoms with van der Waals surface area (Å²) in [5.41, 5.74) is 0. The lowest BCUT2D eigenvalue weighted by molar-refractivity contribution is -0.180. The van der Waals surface area contributed by atoms with E-state index in [4.69, 9.17) is 9.47 Å². The summed E-state index contributed by atoms with van der Waals surface area (Å²) >= 11 is 0. The lowest BCUT2D eigenvalue weighted by atomic mass is 9.80. The van der Waals surface area contributed by atoms with Gasteiger partial charge in [-0.2, -0.15) is 0 Å². The number of hydrogen-bond donors (Lipinski definition) is 0. The summed E-state index contributed by atoms with van der Waals surface area (Å²) in [6, 6.07) is 0. The number of fused-ring (bicyclic) bond motifs is 1. The van der Waals surface area contributed by atoms with Crippen LogP contribution in [0.15, 0.2) is 0 Å². The Balaban J connectivity index is 2.11.